The molecule has 29 heavy (non-hydrogen) atoms. The molecule has 0 fully saturated rings. The van der Waals surface area contributed by atoms with E-state index in [1.165, 1.54) is 7.11 Å². The number of fused-ring (bicyclic) bond motifs is 1. The van der Waals surface area contributed by atoms with Crippen molar-refractivity contribution in [2.75, 3.05) is 18.6 Å². The van der Waals surface area contributed by atoms with Gasteiger partial charge in [-0.25, -0.2) is 4.79 Å². The minimum absolute atomic E-state index is 0.265. The number of aryl methyl sites for hydroxylation is 1. The Labute approximate surface area is 176 Å². The Morgan fingerprint density at radius 2 is 1.90 bits per heavy atom. The lowest BCUT2D eigenvalue weighted by Crippen LogP contribution is -2.29. The maximum absolute atomic E-state index is 13.4. The van der Waals surface area contributed by atoms with E-state index in [0.29, 0.717) is 51.2 Å². The van der Waals surface area contributed by atoms with Crippen LogP contribution in [0.4, 0.5) is 5.69 Å². The van der Waals surface area contributed by atoms with Crippen LogP contribution in [0.5, 0.6) is 0 Å². The first-order chi connectivity index (χ1) is 13.9. The minimum Gasteiger partial charge on any atom is -0.465 e. The summed E-state index contributed by atoms with van der Waals surface area (Å²) in [5.41, 5.74) is 3.15. The molecule has 3 aromatic rings. The van der Waals surface area contributed by atoms with Gasteiger partial charge in [0.1, 0.15) is 17.0 Å². The van der Waals surface area contributed by atoms with Crippen molar-refractivity contribution in [2.45, 2.75) is 13.3 Å². The topological polar surface area (TPSA) is 72.6 Å². The Balaban J connectivity index is 1.75. The van der Waals surface area contributed by atoms with Crippen LogP contribution in [0.1, 0.15) is 32.0 Å². The molecule has 1 aliphatic heterocycles. The van der Waals surface area contributed by atoms with Crippen LogP contribution in [0.3, 0.4) is 0 Å². The van der Waals surface area contributed by atoms with Crippen LogP contribution in [0.15, 0.2) is 40.9 Å². The van der Waals surface area contributed by atoms with E-state index < -0.39 is 5.97 Å². The molecule has 0 saturated heterocycles. The fourth-order valence-electron chi connectivity index (χ4n) is 3.51. The number of amides is 1. The zero-order valence-corrected chi connectivity index (χ0v) is 17.2. The standard InChI is InChI=1S/C21H16Cl2N2O4/c1-11-17(19(24-29-11)18-14(22)4-3-5-15(18)23)20(26)25-9-8-12-10-13(21(27)28-2)6-7-16(12)25/h3-7,10H,8-9H2,1-2H3. The molecule has 0 bridgehead atoms. The van der Waals surface area contributed by atoms with E-state index in [9.17, 15) is 9.59 Å². The fourth-order valence-corrected chi connectivity index (χ4v) is 4.09. The summed E-state index contributed by atoms with van der Waals surface area (Å²) in [6, 6.07) is 10.2. The number of methoxy groups -OCH3 is 1. The first-order valence-corrected chi connectivity index (χ1v) is 9.61. The first-order valence-electron chi connectivity index (χ1n) is 8.86. The SMILES string of the molecule is COC(=O)c1ccc2c(c1)CCN2C(=O)c1c(-c2c(Cl)cccc2Cl)noc1C. The third-order valence-corrected chi connectivity index (χ3v) is 5.55. The van der Waals surface area contributed by atoms with Crippen LogP contribution in [0.25, 0.3) is 11.3 Å². The maximum atomic E-state index is 13.4. The van der Waals surface area contributed by atoms with Crippen molar-refractivity contribution < 1.29 is 18.8 Å². The number of halogens is 2. The molecular weight excluding hydrogens is 415 g/mol. The lowest BCUT2D eigenvalue weighted by molar-refractivity contribution is 0.0600. The third kappa shape index (κ3) is 3.28. The summed E-state index contributed by atoms with van der Waals surface area (Å²) in [5.74, 6) is -0.303. The van der Waals surface area contributed by atoms with Gasteiger partial charge in [-0.2, -0.15) is 0 Å². The summed E-state index contributed by atoms with van der Waals surface area (Å²) in [5, 5.41) is 4.81. The number of hydrogen-bond donors (Lipinski definition) is 0. The summed E-state index contributed by atoms with van der Waals surface area (Å²) in [4.78, 5) is 26.9. The second-order valence-corrected chi connectivity index (χ2v) is 7.42. The number of ether oxygens (including phenoxy) is 1. The van der Waals surface area contributed by atoms with Gasteiger partial charge in [-0.1, -0.05) is 34.4 Å². The Bertz CT molecular complexity index is 1120. The molecule has 148 valence electrons. The third-order valence-electron chi connectivity index (χ3n) is 4.92. The number of anilines is 1. The normalized spacial score (nSPS) is 12.8. The van der Waals surface area contributed by atoms with Gasteiger partial charge in [0.25, 0.3) is 5.91 Å². The number of rotatable bonds is 3. The molecule has 0 N–H and O–H groups in total. The highest BCUT2D eigenvalue weighted by Crippen LogP contribution is 2.38. The van der Waals surface area contributed by atoms with Crippen molar-refractivity contribution in [1.82, 2.24) is 5.16 Å². The van der Waals surface area contributed by atoms with Crippen molar-refractivity contribution in [3.8, 4) is 11.3 Å². The molecule has 4 rings (SSSR count). The van der Waals surface area contributed by atoms with Crippen molar-refractivity contribution in [2.24, 2.45) is 0 Å². The van der Waals surface area contributed by atoms with E-state index in [0.717, 1.165) is 11.3 Å². The van der Waals surface area contributed by atoms with Crippen LogP contribution >= 0.6 is 23.2 Å². The highest BCUT2D eigenvalue weighted by molar-refractivity contribution is 6.39. The zero-order valence-electron chi connectivity index (χ0n) is 15.7. The lowest BCUT2D eigenvalue weighted by atomic mass is 10.0. The van der Waals surface area contributed by atoms with Crippen LogP contribution in [0, 0.1) is 6.92 Å². The summed E-state index contributed by atoms with van der Waals surface area (Å²) in [6.07, 6.45) is 0.623. The summed E-state index contributed by atoms with van der Waals surface area (Å²) < 4.78 is 10.1. The van der Waals surface area contributed by atoms with Gasteiger partial charge in [0.05, 0.1) is 22.7 Å². The van der Waals surface area contributed by atoms with Crippen molar-refractivity contribution in [3.63, 3.8) is 0 Å². The molecule has 0 radical (unpaired) electrons. The number of hydrogen-bond acceptors (Lipinski definition) is 5. The molecule has 0 saturated carbocycles. The highest BCUT2D eigenvalue weighted by Gasteiger charge is 2.32. The molecular formula is C21H16Cl2N2O4. The zero-order chi connectivity index (χ0) is 20.7. The van der Waals surface area contributed by atoms with Crippen molar-refractivity contribution in [1.29, 1.82) is 0 Å². The molecule has 0 atom stereocenters. The van der Waals surface area contributed by atoms with E-state index in [1.807, 2.05) is 0 Å². The Hall–Kier alpha value is -2.83. The van der Waals surface area contributed by atoms with Crippen molar-refractivity contribution in [3.05, 3.63) is 68.9 Å². The minimum atomic E-state index is -0.414. The Morgan fingerprint density at radius 1 is 1.17 bits per heavy atom. The van der Waals surface area contributed by atoms with E-state index in [2.05, 4.69) is 5.16 Å². The molecule has 1 aliphatic rings. The Morgan fingerprint density at radius 3 is 2.59 bits per heavy atom. The fraction of sp³-hybridized carbons (Fsp3) is 0.190. The average Bonchev–Trinajstić information content (AvgIpc) is 3.30. The van der Waals surface area contributed by atoms with Gasteiger partial charge in [-0.3, -0.25) is 4.79 Å². The molecule has 0 unspecified atom stereocenters. The highest BCUT2D eigenvalue weighted by atomic mass is 35.5. The number of aromatic nitrogens is 1. The van der Waals surface area contributed by atoms with Gasteiger partial charge in [-0.15, -0.1) is 0 Å². The molecule has 1 amide bonds. The summed E-state index contributed by atoms with van der Waals surface area (Å²) in [7, 11) is 1.33. The molecule has 1 aromatic heterocycles. The average molecular weight is 431 g/mol. The van der Waals surface area contributed by atoms with E-state index in [4.69, 9.17) is 32.5 Å². The summed E-state index contributed by atoms with van der Waals surface area (Å²) >= 11 is 12.6. The lowest BCUT2D eigenvalue weighted by Gasteiger charge is -2.18. The quantitative estimate of drug-likeness (QED) is 0.549. The molecule has 0 spiro atoms. The number of carbonyl (C=O) groups excluding carboxylic acids is 2. The monoisotopic (exact) mass is 430 g/mol. The molecule has 6 nitrogen and oxygen atoms in total. The second kappa shape index (κ2) is 7.54. The van der Waals surface area contributed by atoms with Gasteiger partial charge < -0.3 is 14.2 Å². The first kappa shape index (κ1) is 19.5. The molecule has 8 heteroatoms. The number of carbonyl (C=O) groups is 2. The van der Waals surface area contributed by atoms with Crippen LogP contribution in [-0.2, 0) is 11.2 Å². The van der Waals surface area contributed by atoms with Gasteiger partial charge in [0, 0.05) is 17.8 Å². The summed E-state index contributed by atoms with van der Waals surface area (Å²) in [6.45, 7) is 2.14. The largest absolute Gasteiger partial charge is 0.465 e. The van der Waals surface area contributed by atoms with Gasteiger partial charge in [0.15, 0.2) is 0 Å². The molecule has 0 aliphatic carbocycles. The van der Waals surface area contributed by atoms with E-state index in [1.54, 1.807) is 48.2 Å². The molecule has 2 heterocycles. The van der Waals surface area contributed by atoms with E-state index in [-0.39, 0.29) is 5.91 Å². The van der Waals surface area contributed by atoms with Crippen LogP contribution < -0.4 is 4.90 Å². The smallest absolute Gasteiger partial charge is 0.337 e. The Kier molecular flexibility index (Phi) is 5.06. The number of benzene rings is 2. The van der Waals surface area contributed by atoms with Gasteiger partial charge in [-0.05, 0) is 49.2 Å². The van der Waals surface area contributed by atoms with E-state index >= 15 is 0 Å². The predicted octanol–water partition coefficient (Wildman–Crippen LogP) is 4.95. The van der Waals surface area contributed by atoms with Crippen LogP contribution in [-0.4, -0.2) is 30.7 Å². The van der Waals surface area contributed by atoms with Gasteiger partial charge in [0.2, 0.25) is 0 Å². The predicted molar refractivity (Wildman–Crippen MR) is 110 cm³/mol. The van der Waals surface area contributed by atoms with Crippen molar-refractivity contribution >= 4 is 40.8 Å². The maximum Gasteiger partial charge on any atom is 0.337 e. The molecule has 2 aromatic carbocycles. The number of esters is 1. The van der Waals surface area contributed by atoms with Crippen LogP contribution in [0.2, 0.25) is 10.0 Å². The second-order valence-electron chi connectivity index (χ2n) is 6.60. The van der Waals surface area contributed by atoms with Gasteiger partial charge >= 0.3 is 5.97 Å². The number of nitrogens with zero attached hydrogens (tertiary/aromatic N) is 2.